The molecule has 1 aromatic rings. The Morgan fingerprint density at radius 1 is 1.20 bits per heavy atom. The zero-order valence-electron chi connectivity index (χ0n) is 18.8. The van der Waals surface area contributed by atoms with Gasteiger partial charge in [0, 0.05) is 45.3 Å². The highest BCUT2D eigenvalue weighted by atomic mass is 127. The molecule has 2 unspecified atom stereocenters. The smallest absolute Gasteiger partial charge is 0.191 e. The second-order valence-corrected chi connectivity index (χ2v) is 8.02. The first-order valence-electron chi connectivity index (χ1n) is 10.7. The van der Waals surface area contributed by atoms with Crippen LogP contribution in [0.4, 0.5) is 0 Å². The number of nitrogens with one attached hydrogen (secondary N) is 2. The molecule has 1 aliphatic heterocycles. The van der Waals surface area contributed by atoms with Gasteiger partial charge in [-0.25, -0.2) is 0 Å². The lowest BCUT2D eigenvalue weighted by Gasteiger charge is -2.35. The molecule has 0 bridgehead atoms. The van der Waals surface area contributed by atoms with Crippen molar-refractivity contribution in [3.05, 3.63) is 29.8 Å². The molecule has 1 heterocycles. The van der Waals surface area contributed by atoms with E-state index in [1.807, 2.05) is 19.2 Å². The SMILES string of the molecule is CN=C(NCC(c1ccc(OC)cc1)N1CCOCC1)NCC(C)N(C)C1CC1.I. The number of aliphatic imine (C=N–C) groups is 1. The molecule has 1 aromatic carbocycles. The molecule has 1 saturated carbocycles. The number of hydrogen-bond donors (Lipinski definition) is 2. The van der Waals surface area contributed by atoms with Crippen LogP contribution in [0.5, 0.6) is 5.75 Å². The highest BCUT2D eigenvalue weighted by Crippen LogP contribution is 2.26. The number of hydrogen-bond acceptors (Lipinski definition) is 5. The molecule has 1 aliphatic carbocycles. The van der Waals surface area contributed by atoms with Crippen molar-refractivity contribution in [2.45, 2.75) is 37.9 Å². The highest BCUT2D eigenvalue weighted by molar-refractivity contribution is 14.0. The number of likely N-dealkylation sites (N-methyl/N-ethyl adjacent to an activating group) is 1. The van der Waals surface area contributed by atoms with E-state index in [1.165, 1.54) is 18.4 Å². The Morgan fingerprint density at radius 2 is 1.83 bits per heavy atom. The van der Waals surface area contributed by atoms with Gasteiger partial charge < -0.3 is 20.1 Å². The third kappa shape index (κ3) is 7.25. The fraction of sp³-hybridized carbons (Fsp3) is 0.682. The van der Waals surface area contributed by atoms with Gasteiger partial charge in [-0.15, -0.1) is 24.0 Å². The quantitative estimate of drug-likeness (QED) is 0.290. The Balaban J connectivity index is 0.00000320. The van der Waals surface area contributed by atoms with Crippen LogP contribution in [0.3, 0.4) is 0 Å². The molecule has 2 aliphatic rings. The number of methoxy groups -OCH3 is 1. The summed E-state index contributed by atoms with van der Waals surface area (Å²) in [7, 11) is 5.76. The first kappa shape index (κ1) is 25.2. The molecule has 7 nitrogen and oxygen atoms in total. The van der Waals surface area contributed by atoms with Gasteiger partial charge in [-0.1, -0.05) is 12.1 Å². The number of ether oxygens (including phenoxy) is 2. The number of rotatable bonds is 9. The maximum Gasteiger partial charge on any atom is 0.191 e. The summed E-state index contributed by atoms with van der Waals surface area (Å²) in [5.41, 5.74) is 1.28. The van der Waals surface area contributed by atoms with Gasteiger partial charge in [0.1, 0.15) is 5.75 Å². The van der Waals surface area contributed by atoms with Crippen molar-refractivity contribution in [1.82, 2.24) is 20.4 Å². The molecule has 170 valence electrons. The van der Waals surface area contributed by atoms with E-state index in [1.54, 1.807) is 7.11 Å². The van der Waals surface area contributed by atoms with E-state index in [0.29, 0.717) is 6.04 Å². The minimum Gasteiger partial charge on any atom is -0.497 e. The molecular weight excluding hydrogens is 493 g/mol. The predicted molar refractivity (Wildman–Crippen MR) is 133 cm³/mol. The molecule has 2 N–H and O–H groups in total. The Morgan fingerprint density at radius 3 is 2.40 bits per heavy atom. The van der Waals surface area contributed by atoms with Gasteiger partial charge in [-0.05, 0) is 44.5 Å². The van der Waals surface area contributed by atoms with Gasteiger partial charge in [-0.3, -0.25) is 14.8 Å². The number of halogens is 1. The fourth-order valence-corrected chi connectivity index (χ4v) is 3.82. The van der Waals surface area contributed by atoms with Gasteiger partial charge in [-0.2, -0.15) is 0 Å². The largest absolute Gasteiger partial charge is 0.497 e. The molecule has 2 fully saturated rings. The average molecular weight is 531 g/mol. The molecule has 0 radical (unpaired) electrons. The second-order valence-electron chi connectivity index (χ2n) is 8.02. The van der Waals surface area contributed by atoms with Gasteiger partial charge in [0.2, 0.25) is 0 Å². The normalized spacial score (nSPS) is 19.7. The fourth-order valence-electron chi connectivity index (χ4n) is 3.82. The minimum atomic E-state index is 0. The van der Waals surface area contributed by atoms with E-state index < -0.39 is 0 Å². The zero-order valence-corrected chi connectivity index (χ0v) is 21.1. The van der Waals surface area contributed by atoms with E-state index in [9.17, 15) is 0 Å². The maximum absolute atomic E-state index is 5.56. The monoisotopic (exact) mass is 531 g/mol. The summed E-state index contributed by atoms with van der Waals surface area (Å²) in [5, 5.41) is 7.03. The predicted octanol–water partition coefficient (Wildman–Crippen LogP) is 2.33. The maximum atomic E-state index is 5.56. The van der Waals surface area contributed by atoms with Crippen LogP contribution in [-0.2, 0) is 4.74 Å². The van der Waals surface area contributed by atoms with Crippen molar-refractivity contribution >= 4 is 29.9 Å². The Bertz CT molecular complexity index is 647. The van der Waals surface area contributed by atoms with Crippen LogP contribution in [-0.4, -0.2) is 88.4 Å². The van der Waals surface area contributed by atoms with Crippen molar-refractivity contribution in [1.29, 1.82) is 0 Å². The third-order valence-corrected chi connectivity index (χ3v) is 6.06. The van der Waals surface area contributed by atoms with Crippen LogP contribution in [0.2, 0.25) is 0 Å². The molecule has 0 spiro atoms. The van der Waals surface area contributed by atoms with E-state index in [0.717, 1.165) is 57.1 Å². The van der Waals surface area contributed by atoms with Crippen LogP contribution < -0.4 is 15.4 Å². The first-order valence-corrected chi connectivity index (χ1v) is 10.7. The average Bonchev–Trinajstić information content (AvgIpc) is 3.62. The van der Waals surface area contributed by atoms with Crippen LogP contribution >= 0.6 is 24.0 Å². The summed E-state index contributed by atoms with van der Waals surface area (Å²) < 4.78 is 10.9. The molecule has 8 heteroatoms. The van der Waals surface area contributed by atoms with Crippen LogP contribution in [0.1, 0.15) is 31.4 Å². The standard InChI is InChI=1S/C22H37N5O2.HI/c1-17(26(3)19-7-8-19)15-24-22(23-2)25-16-21(27-11-13-29-14-12-27)18-5-9-20(28-4)10-6-18;/h5-6,9-10,17,19,21H,7-8,11-16H2,1-4H3,(H2,23,24,25);1H. The molecule has 0 amide bonds. The lowest BCUT2D eigenvalue weighted by atomic mass is 10.0. The van der Waals surface area contributed by atoms with Crippen molar-refractivity contribution < 1.29 is 9.47 Å². The van der Waals surface area contributed by atoms with E-state index in [-0.39, 0.29) is 30.0 Å². The Labute approximate surface area is 198 Å². The summed E-state index contributed by atoms with van der Waals surface area (Å²) in [4.78, 5) is 9.38. The van der Waals surface area contributed by atoms with Gasteiger partial charge in [0.05, 0.1) is 26.4 Å². The number of benzene rings is 1. The van der Waals surface area contributed by atoms with Crippen molar-refractivity contribution in [2.24, 2.45) is 4.99 Å². The van der Waals surface area contributed by atoms with Crippen LogP contribution in [0, 0.1) is 0 Å². The molecule has 2 atom stereocenters. The lowest BCUT2D eigenvalue weighted by molar-refractivity contribution is 0.0170. The van der Waals surface area contributed by atoms with Crippen LogP contribution in [0.15, 0.2) is 29.3 Å². The molecule has 0 aromatic heterocycles. The van der Waals surface area contributed by atoms with Gasteiger partial charge >= 0.3 is 0 Å². The summed E-state index contributed by atoms with van der Waals surface area (Å²) in [5.74, 6) is 1.74. The Kier molecular flexibility index (Phi) is 10.6. The van der Waals surface area contributed by atoms with E-state index in [4.69, 9.17) is 9.47 Å². The second kappa shape index (κ2) is 12.7. The summed E-state index contributed by atoms with van der Waals surface area (Å²) in [6.07, 6.45) is 2.66. The summed E-state index contributed by atoms with van der Waals surface area (Å²) >= 11 is 0. The summed E-state index contributed by atoms with van der Waals surface area (Å²) in [6.45, 7) is 7.39. The molecular formula is C22H38IN5O2. The first-order chi connectivity index (χ1) is 14.1. The molecule has 3 rings (SSSR count). The highest BCUT2D eigenvalue weighted by Gasteiger charge is 2.29. The van der Waals surface area contributed by atoms with E-state index >= 15 is 0 Å². The minimum absolute atomic E-state index is 0. The zero-order chi connectivity index (χ0) is 20.6. The third-order valence-electron chi connectivity index (χ3n) is 6.06. The lowest BCUT2D eigenvalue weighted by Crippen LogP contribution is -2.48. The van der Waals surface area contributed by atoms with Crippen molar-refractivity contribution in [3.63, 3.8) is 0 Å². The number of guanidine groups is 1. The molecule has 30 heavy (non-hydrogen) atoms. The number of nitrogens with zero attached hydrogens (tertiary/aromatic N) is 3. The number of morpholine rings is 1. The summed E-state index contributed by atoms with van der Waals surface area (Å²) in [6, 6.07) is 9.89. The van der Waals surface area contributed by atoms with Gasteiger partial charge in [0.15, 0.2) is 5.96 Å². The van der Waals surface area contributed by atoms with Crippen LogP contribution in [0.25, 0.3) is 0 Å². The topological polar surface area (TPSA) is 61.4 Å². The van der Waals surface area contributed by atoms with Crippen molar-refractivity contribution in [2.75, 3.05) is 60.6 Å². The van der Waals surface area contributed by atoms with Crippen molar-refractivity contribution in [3.8, 4) is 5.75 Å². The molecule has 1 saturated heterocycles. The van der Waals surface area contributed by atoms with Gasteiger partial charge in [0.25, 0.3) is 0 Å². The Hall–Kier alpha value is -1.10. The van der Waals surface area contributed by atoms with E-state index in [2.05, 4.69) is 51.5 Å².